The molecule has 0 unspecified atom stereocenters. The molecule has 0 atom stereocenters. The molecule has 0 aliphatic rings. The minimum Gasteiger partial charge on any atom is -0.417 e. The number of anilines is 1. The Morgan fingerprint density at radius 1 is 1.28 bits per heavy atom. The fraction of sp³-hybridized carbons (Fsp3) is 0.250. The lowest BCUT2D eigenvalue weighted by Crippen LogP contribution is -2.13. The SMILES string of the molecule is Cc1cc(C)c(NC(=O)c2nnc(C)o2)c(Cl)c1. The maximum absolute atomic E-state index is 11.9. The molecular formula is C12H12ClN3O2. The van der Waals surface area contributed by atoms with Crippen molar-refractivity contribution in [3.63, 3.8) is 0 Å². The standard InChI is InChI=1S/C12H12ClN3O2/c1-6-4-7(2)10(9(13)5-6)14-11(17)12-16-15-8(3)18-12/h4-5H,1-3H3,(H,14,17). The fourth-order valence-corrected chi connectivity index (χ4v) is 2.00. The zero-order chi connectivity index (χ0) is 13.3. The van der Waals surface area contributed by atoms with E-state index in [2.05, 4.69) is 15.5 Å². The van der Waals surface area contributed by atoms with E-state index in [0.717, 1.165) is 11.1 Å². The van der Waals surface area contributed by atoms with Crippen LogP contribution in [-0.4, -0.2) is 16.1 Å². The van der Waals surface area contributed by atoms with E-state index in [4.69, 9.17) is 16.0 Å². The van der Waals surface area contributed by atoms with Crippen molar-refractivity contribution >= 4 is 23.2 Å². The maximum Gasteiger partial charge on any atom is 0.313 e. The summed E-state index contributed by atoms with van der Waals surface area (Å²) in [6.45, 7) is 5.42. The number of aromatic nitrogens is 2. The largest absolute Gasteiger partial charge is 0.417 e. The van der Waals surface area contributed by atoms with E-state index in [1.165, 1.54) is 0 Å². The molecule has 1 aromatic heterocycles. The normalized spacial score (nSPS) is 10.4. The number of hydrogen-bond donors (Lipinski definition) is 1. The number of halogens is 1. The summed E-state index contributed by atoms with van der Waals surface area (Å²) in [7, 11) is 0. The van der Waals surface area contributed by atoms with Crippen LogP contribution in [0.5, 0.6) is 0 Å². The monoisotopic (exact) mass is 265 g/mol. The third-order valence-electron chi connectivity index (χ3n) is 2.39. The third kappa shape index (κ3) is 2.51. The van der Waals surface area contributed by atoms with Crippen LogP contribution in [0.3, 0.4) is 0 Å². The Balaban J connectivity index is 2.27. The molecule has 0 fully saturated rings. The Morgan fingerprint density at radius 2 is 2.00 bits per heavy atom. The first-order valence-electron chi connectivity index (χ1n) is 5.35. The van der Waals surface area contributed by atoms with Gasteiger partial charge in [0.25, 0.3) is 0 Å². The van der Waals surface area contributed by atoms with Crippen LogP contribution in [0.25, 0.3) is 0 Å². The number of amides is 1. The summed E-state index contributed by atoms with van der Waals surface area (Å²) >= 11 is 6.09. The first-order chi connectivity index (χ1) is 8.47. The first-order valence-corrected chi connectivity index (χ1v) is 5.73. The number of aryl methyl sites for hydroxylation is 3. The highest BCUT2D eigenvalue weighted by molar-refractivity contribution is 6.34. The van der Waals surface area contributed by atoms with Gasteiger partial charge in [0.05, 0.1) is 10.7 Å². The molecule has 18 heavy (non-hydrogen) atoms. The lowest BCUT2D eigenvalue weighted by atomic mass is 10.1. The molecule has 2 aromatic rings. The highest BCUT2D eigenvalue weighted by Gasteiger charge is 2.16. The van der Waals surface area contributed by atoms with Crippen LogP contribution < -0.4 is 5.32 Å². The van der Waals surface area contributed by atoms with Crippen LogP contribution in [0.15, 0.2) is 16.5 Å². The van der Waals surface area contributed by atoms with Gasteiger partial charge in [-0.25, -0.2) is 0 Å². The summed E-state index contributed by atoms with van der Waals surface area (Å²) in [6.07, 6.45) is 0. The van der Waals surface area contributed by atoms with E-state index in [9.17, 15) is 4.79 Å². The second-order valence-electron chi connectivity index (χ2n) is 4.02. The molecule has 0 aliphatic heterocycles. The van der Waals surface area contributed by atoms with Crippen LogP contribution in [0.2, 0.25) is 5.02 Å². The molecule has 94 valence electrons. The van der Waals surface area contributed by atoms with Crippen molar-refractivity contribution < 1.29 is 9.21 Å². The van der Waals surface area contributed by atoms with Crippen molar-refractivity contribution in [2.75, 3.05) is 5.32 Å². The molecule has 1 N–H and O–H groups in total. The van der Waals surface area contributed by atoms with Crippen LogP contribution in [0, 0.1) is 20.8 Å². The van der Waals surface area contributed by atoms with Gasteiger partial charge in [0.15, 0.2) is 0 Å². The highest BCUT2D eigenvalue weighted by Crippen LogP contribution is 2.27. The Labute approximate surface area is 109 Å². The van der Waals surface area contributed by atoms with Gasteiger partial charge >= 0.3 is 11.8 Å². The van der Waals surface area contributed by atoms with Gasteiger partial charge in [-0.3, -0.25) is 4.79 Å². The molecule has 0 radical (unpaired) electrons. The zero-order valence-electron chi connectivity index (χ0n) is 10.2. The van der Waals surface area contributed by atoms with Crippen LogP contribution in [0.1, 0.15) is 27.7 Å². The summed E-state index contributed by atoms with van der Waals surface area (Å²) in [5, 5.41) is 10.4. The summed E-state index contributed by atoms with van der Waals surface area (Å²) < 4.78 is 5.04. The molecule has 1 heterocycles. The van der Waals surface area contributed by atoms with E-state index in [1.54, 1.807) is 13.0 Å². The van der Waals surface area contributed by atoms with Gasteiger partial charge in [0.2, 0.25) is 5.89 Å². The summed E-state index contributed by atoms with van der Waals surface area (Å²) in [5.74, 6) is -0.208. The fourth-order valence-electron chi connectivity index (χ4n) is 1.63. The average Bonchev–Trinajstić information content (AvgIpc) is 2.70. The van der Waals surface area contributed by atoms with Crippen molar-refractivity contribution in [2.24, 2.45) is 0 Å². The summed E-state index contributed by atoms with van der Waals surface area (Å²) in [6, 6.07) is 3.71. The molecule has 0 aliphatic carbocycles. The van der Waals surface area contributed by atoms with Gasteiger partial charge in [0, 0.05) is 6.92 Å². The average molecular weight is 266 g/mol. The molecule has 1 amide bonds. The second kappa shape index (κ2) is 4.78. The number of carbonyl (C=O) groups excluding carboxylic acids is 1. The molecule has 0 saturated heterocycles. The lowest BCUT2D eigenvalue weighted by Gasteiger charge is -2.09. The molecule has 6 heteroatoms. The van der Waals surface area contributed by atoms with Gasteiger partial charge in [-0.2, -0.15) is 0 Å². The Kier molecular flexibility index (Phi) is 3.34. The van der Waals surface area contributed by atoms with E-state index in [1.807, 2.05) is 19.9 Å². The molecule has 0 spiro atoms. The third-order valence-corrected chi connectivity index (χ3v) is 2.69. The summed E-state index contributed by atoms with van der Waals surface area (Å²) in [4.78, 5) is 11.9. The quantitative estimate of drug-likeness (QED) is 0.906. The minimum atomic E-state index is -0.468. The molecule has 0 saturated carbocycles. The van der Waals surface area contributed by atoms with Crippen LogP contribution in [0.4, 0.5) is 5.69 Å². The molecule has 1 aromatic carbocycles. The number of nitrogens with one attached hydrogen (secondary N) is 1. The number of nitrogens with zero attached hydrogens (tertiary/aromatic N) is 2. The van der Waals surface area contributed by atoms with Gasteiger partial charge in [-0.15, -0.1) is 10.2 Å². The van der Waals surface area contributed by atoms with Gasteiger partial charge in [0.1, 0.15) is 0 Å². The zero-order valence-corrected chi connectivity index (χ0v) is 11.0. The number of hydrogen-bond acceptors (Lipinski definition) is 4. The summed E-state index contributed by atoms with van der Waals surface area (Å²) in [5.41, 5.74) is 2.47. The molecule has 5 nitrogen and oxygen atoms in total. The van der Waals surface area contributed by atoms with Gasteiger partial charge < -0.3 is 9.73 Å². The van der Waals surface area contributed by atoms with Gasteiger partial charge in [-0.1, -0.05) is 17.7 Å². The van der Waals surface area contributed by atoms with Crippen LogP contribution >= 0.6 is 11.6 Å². The minimum absolute atomic E-state index is 0.0801. The van der Waals surface area contributed by atoms with Gasteiger partial charge in [-0.05, 0) is 31.0 Å². The highest BCUT2D eigenvalue weighted by atomic mass is 35.5. The molecule has 2 rings (SSSR count). The Morgan fingerprint density at radius 3 is 2.56 bits per heavy atom. The van der Waals surface area contributed by atoms with Crippen molar-refractivity contribution in [3.8, 4) is 0 Å². The van der Waals surface area contributed by atoms with E-state index >= 15 is 0 Å². The van der Waals surface area contributed by atoms with Crippen molar-refractivity contribution in [2.45, 2.75) is 20.8 Å². The number of carbonyl (C=O) groups is 1. The second-order valence-corrected chi connectivity index (χ2v) is 4.43. The number of rotatable bonds is 2. The van der Waals surface area contributed by atoms with E-state index in [0.29, 0.717) is 16.6 Å². The van der Waals surface area contributed by atoms with E-state index in [-0.39, 0.29) is 5.89 Å². The van der Waals surface area contributed by atoms with E-state index < -0.39 is 5.91 Å². The van der Waals surface area contributed by atoms with Crippen molar-refractivity contribution in [3.05, 3.63) is 40.1 Å². The predicted octanol–water partition coefficient (Wildman–Crippen LogP) is 2.90. The maximum atomic E-state index is 11.9. The lowest BCUT2D eigenvalue weighted by molar-refractivity contribution is 0.0989. The predicted molar refractivity (Wildman–Crippen MR) is 67.9 cm³/mol. The number of benzene rings is 1. The Hall–Kier alpha value is -1.88. The molecule has 0 bridgehead atoms. The van der Waals surface area contributed by atoms with Crippen LogP contribution in [-0.2, 0) is 0 Å². The smallest absolute Gasteiger partial charge is 0.313 e. The van der Waals surface area contributed by atoms with Crippen molar-refractivity contribution in [1.29, 1.82) is 0 Å². The van der Waals surface area contributed by atoms with Crippen molar-refractivity contribution in [1.82, 2.24) is 10.2 Å². The molecular weight excluding hydrogens is 254 g/mol. The topological polar surface area (TPSA) is 68.0 Å². The first kappa shape index (κ1) is 12.6. The Bertz CT molecular complexity index is 584.